The van der Waals surface area contributed by atoms with Crippen LogP contribution in [0.3, 0.4) is 0 Å². The summed E-state index contributed by atoms with van der Waals surface area (Å²) in [4.78, 5) is 26.0. The molecule has 4 nitrogen and oxygen atoms in total. The number of rotatable bonds is 2. The number of benzene rings is 1. The van der Waals surface area contributed by atoms with Crippen molar-refractivity contribution < 1.29 is 14.3 Å². The van der Waals surface area contributed by atoms with E-state index in [0.717, 1.165) is 17.5 Å². The van der Waals surface area contributed by atoms with Gasteiger partial charge >= 0.3 is 5.97 Å². The van der Waals surface area contributed by atoms with Crippen LogP contribution in [-0.4, -0.2) is 36.5 Å². The predicted octanol–water partition coefficient (Wildman–Crippen LogP) is 2.08. The van der Waals surface area contributed by atoms with Gasteiger partial charge in [0.05, 0.1) is 7.11 Å². The third-order valence-corrected chi connectivity index (χ3v) is 3.68. The zero-order chi connectivity index (χ0) is 14.0. The van der Waals surface area contributed by atoms with Crippen LogP contribution < -0.4 is 0 Å². The summed E-state index contributed by atoms with van der Waals surface area (Å²) < 4.78 is 4.78. The lowest BCUT2D eigenvalue weighted by Gasteiger charge is -2.24. The van der Waals surface area contributed by atoms with Crippen LogP contribution in [0.5, 0.6) is 0 Å². The molecule has 0 aromatic heterocycles. The summed E-state index contributed by atoms with van der Waals surface area (Å²) in [6, 6.07) is 5.34. The van der Waals surface area contributed by atoms with Gasteiger partial charge < -0.3 is 9.64 Å². The second-order valence-electron chi connectivity index (χ2n) is 4.95. The molecule has 1 aromatic carbocycles. The van der Waals surface area contributed by atoms with E-state index in [1.165, 1.54) is 7.11 Å². The molecule has 1 aromatic rings. The summed E-state index contributed by atoms with van der Waals surface area (Å²) in [7, 11) is 1.36. The molecule has 1 saturated heterocycles. The number of carbonyl (C=O) groups excluding carboxylic acids is 2. The van der Waals surface area contributed by atoms with Crippen LogP contribution in [0.25, 0.3) is 0 Å². The number of aryl methyl sites for hydroxylation is 2. The number of hydrogen-bond donors (Lipinski definition) is 0. The standard InChI is InChI=1S/C15H19NO3/c1-10-6-4-7-11(2)13(10)14(17)16-9-5-8-12(16)15(18)19-3/h4,6-7,12H,5,8-9H2,1-3H3. The molecule has 1 heterocycles. The first-order chi connectivity index (χ1) is 9.06. The highest BCUT2D eigenvalue weighted by Crippen LogP contribution is 2.24. The van der Waals surface area contributed by atoms with Crippen LogP contribution in [0, 0.1) is 13.8 Å². The lowest BCUT2D eigenvalue weighted by Crippen LogP contribution is -2.41. The number of esters is 1. The fraction of sp³-hybridized carbons (Fsp3) is 0.467. The number of likely N-dealkylation sites (tertiary alicyclic amines) is 1. The van der Waals surface area contributed by atoms with Crippen LogP contribution in [0.2, 0.25) is 0 Å². The Morgan fingerprint density at radius 3 is 2.47 bits per heavy atom. The normalized spacial score (nSPS) is 18.5. The van der Waals surface area contributed by atoms with Crippen LogP contribution in [0.1, 0.15) is 34.3 Å². The number of nitrogens with zero attached hydrogens (tertiary/aromatic N) is 1. The maximum absolute atomic E-state index is 12.6. The second-order valence-corrected chi connectivity index (χ2v) is 4.95. The molecule has 2 rings (SSSR count). The van der Waals surface area contributed by atoms with E-state index in [2.05, 4.69) is 0 Å². The Hall–Kier alpha value is -1.84. The molecule has 0 aliphatic carbocycles. The van der Waals surface area contributed by atoms with Crippen molar-refractivity contribution in [3.63, 3.8) is 0 Å². The Morgan fingerprint density at radius 2 is 1.89 bits per heavy atom. The lowest BCUT2D eigenvalue weighted by molar-refractivity contribution is -0.145. The van der Waals surface area contributed by atoms with Crippen molar-refractivity contribution in [1.82, 2.24) is 4.90 Å². The molecular weight excluding hydrogens is 242 g/mol. The summed E-state index contributed by atoms with van der Waals surface area (Å²) in [5.41, 5.74) is 2.60. The number of ether oxygens (including phenoxy) is 1. The lowest BCUT2D eigenvalue weighted by atomic mass is 10.0. The van der Waals surface area contributed by atoms with Crippen molar-refractivity contribution in [2.75, 3.05) is 13.7 Å². The molecule has 1 unspecified atom stereocenters. The van der Waals surface area contributed by atoms with Crippen molar-refractivity contribution in [1.29, 1.82) is 0 Å². The van der Waals surface area contributed by atoms with Gasteiger partial charge in [0.15, 0.2) is 0 Å². The minimum atomic E-state index is -0.434. The third-order valence-electron chi connectivity index (χ3n) is 3.68. The van der Waals surface area contributed by atoms with Crippen LogP contribution in [-0.2, 0) is 9.53 Å². The molecule has 1 fully saturated rings. The minimum absolute atomic E-state index is 0.0662. The quantitative estimate of drug-likeness (QED) is 0.766. The number of hydrogen-bond acceptors (Lipinski definition) is 3. The molecular formula is C15H19NO3. The van der Waals surface area contributed by atoms with Crippen molar-refractivity contribution in [3.8, 4) is 0 Å². The van der Waals surface area contributed by atoms with E-state index < -0.39 is 6.04 Å². The van der Waals surface area contributed by atoms with Crippen LogP contribution in [0.15, 0.2) is 18.2 Å². The fourth-order valence-electron chi connectivity index (χ4n) is 2.69. The largest absolute Gasteiger partial charge is 0.467 e. The van der Waals surface area contributed by atoms with Gasteiger partial charge in [-0.2, -0.15) is 0 Å². The summed E-state index contributed by atoms with van der Waals surface area (Å²) in [6.07, 6.45) is 1.53. The van der Waals surface area contributed by atoms with Crippen molar-refractivity contribution in [3.05, 3.63) is 34.9 Å². The van der Waals surface area contributed by atoms with Crippen molar-refractivity contribution >= 4 is 11.9 Å². The van der Waals surface area contributed by atoms with Gasteiger partial charge in [0.2, 0.25) is 0 Å². The van der Waals surface area contributed by atoms with Crippen molar-refractivity contribution in [2.45, 2.75) is 32.7 Å². The molecule has 0 radical (unpaired) electrons. The second kappa shape index (κ2) is 5.43. The first-order valence-corrected chi connectivity index (χ1v) is 6.51. The van der Waals surface area contributed by atoms with E-state index in [-0.39, 0.29) is 11.9 Å². The first kappa shape index (κ1) is 13.6. The molecule has 0 saturated carbocycles. The Morgan fingerprint density at radius 1 is 1.26 bits per heavy atom. The summed E-state index contributed by atoms with van der Waals surface area (Å²) in [5, 5.41) is 0. The van der Waals surface area contributed by atoms with Gasteiger partial charge in [-0.1, -0.05) is 18.2 Å². The van der Waals surface area contributed by atoms with Gasteiger partial charge in [0.1, 0.15) is 6.04 Å². The molecule has 0 N–H and O–H groups in total. The summed E-state index contributed by atoms with van der Waals surface area (Å²) in [5.74, 6) is -0.388. The maximum Gasteiger partial charge on any atom is 0.328 e. The Balaban J connectivity index is 2.31. The molecule has 1 atom stereocenters. The Kier molecular flexibility index (Phi) is 3.88. The molecule has 0 bridgehead atoms. The summed E-state index contributed by atoms with van der Waals surface area (Å²) >= 11 is 0. The van der Waals surface area contributed by atoms with Crippen LogP contribution in [0.4, 0.5) is 0 Å². The van der Waals surface area contributed by atoms with E-state index in [9.17, 15) is 9.59 Å². The van der Waals surface area contributed by atoms with Gasteiger partial charge in [0.25, 0.3) is 5.91 Å². The van der Waals surface area contributed by atoms with E-state index in [1.54, 1.807) is 4.90 Å². The monoisotopic (exact) mass is 261 g/mol. The molecule has 19 heavy (non-hydrogen) atoms. The number of carbonyl (C=O) groups is 2. The number of amides is 1. The average molecular weight is 261 g/mol. The molecule has 102 valence electrons. The highest BCUT2D eigenvalue weighted by atomic mass is 16.5. The zero-order valence-electron chi connectivity index (χ0n) is 11.6. The third kappa shape index (κ3) is 2.48. The Labute approximate surface area is 113 Å². The van der Waals surface area contributed by atoms with E-state index >= 15 is 0 Å². The van der Waals surface area contributed by atoms with Crippen molar-refractivity contribution in [2.24, 2.45) is 0 Å². The molecule has 4 heteroatoms. The van der Waals surface area contributed by atoms with Gasteiger partial charge in [-0.3, -0.25) is 4.79 Å². The smallest absolute Gasteiger partial charge is 0.328 e. The zero-order valence-corrected chi connectivity index (χ0v) is 11.6. The SMILES string of the molecule is COC(=O)C1CCCN1C(=O)c1c(C)cccc1C. The highest BCUT2D eigenvalue weighted by molar-refractivity contribution is 5.99. The van der Waals surface area contributed by atoms with Gasteiger partial charge in [-0.05, 0) is 37.8 Å². The van der Waals surface area contributed by atoms with E-state index in [4.69, 9.17) is 4.74 Å². The fourth-order valence-corrected chi connectivity index (χ4v) is 2.69. The first-order valence-electron chi connectivity index (χ1n) is 6.51. The number of methoxy groups -OCH3 is 1. The van der Waals surface area contributed by atoms with E-state index in [1.807, 2.05) is 32.0 Å². The maximum atomic E-state index is 12.6. The minimum Gasteiger partial charge on any atom is -0.467 e. The Bertz CT molecular complexity index is 490. The predicted molar refractivity (Wildman–Crippen MR) is 72.0 cm³/mol. The highest BCUT2D eigenvalue weighted by Gasteiger charge is 2.35. The molecule has 0 spiro atoms. The molecule has 1 aliphatic rings. The van der Waals surface area contributed by atoms with Gasteiger partial charge in [-0.25, -0.2) is 4.79 Å². The molecule has 1 amide bonds. The van der Waals surface area contributed by atoms with Crippen LogP contribution >= 0.6 is 0 Å². The summed E-state index contributed by atoms with van der Waals surface area (Å²) in [6.45, 7) is 4.46. The molecule has 1 aliphatic heterocycles. The topological polar surface area (TPSA) is 46.6 Å². The van der Waals surface area contributed by atoms with Gasteiger partial charge in [-0.15, -0.1) is 0 Å². The van der Waals surface area contributed by atoms with Gasteiger partial charge in [0, 0.05) is 12.1 Å². The van der Waals surface area contributed by atoms with E-state index in [0.29, 0.717) is 18.5 Å². The average Bonchev–Trinajstić information content (AvgIpc) is 2.86.